The van der Waals surface area contributed by atoms with Gasteiger partial charge in [0.25, 0.3) is 0 Å². The first-order valence-electron chi connectivity index (χ1n) is 13.7. The molecular formula is C29H33N5O5S. The molecule has 3 aliphatic rings. The second-order valence-corrected chi connectivity index (χ2v) is 12.9. The predicted molar refractivity (Wildman–Crippen MR) is 149 cm³/mol. The molecule has 10 nitrogen and oxygen atoms in total. The number of esters is 1. The summed E-state index contributed by atoms with van der Waals surface area (Å²) in [6.07, 6.45) is 1.69. The molecule has 2 N–H and O–H groups in total. The Bertz CT molecular complexity index is 1450. The lowest BCUT2D eigenvalue weighted by Gasteiger charge is -2.37. The van der Waals surface area contributed by atoms with Crippen LogP contribution in [0.5, 0.6) is 0 Å². The number of amides is 2. The van der Waals surface area contributed by atoms with E-state index in [0.717, 1.165) is 11.1 Å². The first-order valence-corrected chi connectivity index (χ1v) is 14.5. The van der Waals surface area contributed by atoms with Crippen molar-refractivity contribution in [3.63, 3.8) is 0 Å². The van der Waals surface area contributed by atoms with Gasteiger partial charge in [-0.05, 0) is 50.8 Å². The summed E-state index contributed by atoms with van der Waals surface area (Å²) in [4.78, 5) is 43.3. The van der Waals surface area contributed by atoms with Crippen LogP contribution in [0.1, 0.15) is 32.3 Å². The third kappa shape index (κ3) is 4.09. The summed E-state index contributed by atoms with van der Waals surface area (Å²) in [6, 6.07) is 15.6. The van der Waals surface area contributed by atoms with Crippen LogP contribution in [-0.4, -0.2) is 77.6 Å². The molecule has 0 saturated carbocycles. The zero-order chi connectivity index (χ0) is 28.1. The molecule has 4 heterocycles. The molecule has 0 radical (unpaired) electrons. The molecule has 2 aromatic carbocycles. The number of hydrogen-bond acceptors (Lipinski definition) is 8. The summed E-state index contributed by atoms with van der Waals surface area (Å²) >= 11 is 1.58. The Labute approximate surface area is 236 Å². The van der Waals surface area contributed by atoms with Crippen molar-refractivity contribution in [1.82, 2.24) is 25.2 Å². The average molecular weight is 564 g/mol. The van der Waals surface area contributed by atoms with Gasteiger partial charge in [0.05, 0.1) is 41.4 Å². The number of fused-ring (bicyclic) bond motifs is 2. The number of nitrogens with zero attached hydrogens (tertiary/aromatic N) is 4. The van der Waals surface area contributed by atoms with Gasteiger partial charge >= 0.3 is 5.97 Å². The third-order valence-electron chi connectivity index (χ3n) is 8.74. The molecule has 3 saturated heterocycles. The van der Waals surface area contributed by atoms with Crippen LogP contribution >= 0.6 is 11.8 Å². The summed E-state index contributed by atoms with van der Waals surface area (Å²) in [7, 11) is 0. The van der Waals surface area contributed by atoms with Gasteiger partial charge in [-0.25, -0.2) is 4.68 Å². The average Bonchev–Trinajstić information content (AvgIpc) is 3.66. The van der Waals surface area contributed by atoms with E-state index in [-0.39, 0.29) is 31.7 Å². The largest absolute Gasteiger partial charge is 0.466 e. The summed E-state index contributed by atoms with van der Waals surface area (Å²) in [5.41, 5.74) is 2.44. The first-order chi connectivity index (χ1) is 19.3. The minimum absolute atomic E-state index is 0.0738. The van der Waals surface area contributed by atoms with E-state index in [0.29, 0.717) is 24.8 Å². The minimum Gasteiger partial charge on any atom is -0.466 e. The van der Waals surface area contributed by atoms with Crippen molar-refractivity contribution in [2.75, 3.05) is 13.2 Å². The summed E-state index contributed by atoms with van der Waals surface area (Å²) in [6.45, 7) is 3.74. The van der Waals surface area contributed by atoms with E-state index in [1.165, 1.54) is 0 Å². The Morgan fingerprint density at radius 3 is 2.67 bits per heavy atom. The first kappa shape index (κ1) is 26.8. The summed E-state index contributed by atoms with van der Waals surface area (Å²) < 4.78 is 5.76. The molecule has 2 amide bonds. The maximum Gasteiger partial charge on any atom is 0.311 e. The lowest BCUT2D eigenvalue weighted by molar-refractivity contribution is -0.155. The lowest BCUT2D eigenvalue weighted by Crippen LogP contribution is -2.57. The molecule has 3 fully saturated rings. The van der Waals surface area contributed by atoms with Crippen molar-refractivity contribution in [2.45, 2.75) is 61.4 Å². The highest BCUT2D eigenvalue weighted by Crippen LogP contribution is 2.71. The van der Waals surface area contributed by atoms with Crippen LogP contribution < -0.4 is 5.32 Å². The Morgan fingerprint density at radius 2 is 1.93 bits per heavy atom. The molecule has 40 heavy (non-hydrogen) atoms. The van der Waals surface area contributed by atoms with Crippen LogP contribution in [0.15, 0.2) is 54.6 Å². The number of aliphatic hydroxyl groups excluding tert-OH is 1. The maximum absolute atomic E-state index is 14.3. The zero-order valence-electron chi connectivity index (χ0n) is 22.5. The van der Waals surface area contributed by atoms with Crippen molar-refractivity contribution < 1.29 is 24.2 Å². The van der Waals surface area contributed by atoms with Crippen LogP contribution in [0.25, 0.3) is 11.0 Å². The number of likely N-dealkylation sites (tertiary alicyclic amines) is 1. The van der Waals surface area contributed by atoms with Crippen molar-refractivity contribution >= 4 is 40.6 Å². The topological polar surface area (TPSA) is 127 Å². The number of thioether (sulfide) groups is 1. The lowest BCUT2D eigenvalue weighted by atomic mass is 9.66. The number of hydrogen-bond donors (Lipinski definition) is 2. The van der Waals surface area contributed by atoms with Gasteiger partial charge in [-0.3, -0.25) is 14.4 Å². The highest BCUT2D eigenvalue weighted by Gasteiger charge is 2.78. The molecule has 3 aliphatic heterocycles. The van der Waals surface area contributed by atoms with Gasteiger partial charge in [-0.2, -0.15) is 0 Å². The van der Waals surface area contributed by atoms with E-state index in [9.17, 15) is 19.5 Å². The molecule has 3 aromatic rings. The number of aromatic nitrogens is 3. The summed E-state index contributed by atoms with van der Waals surface area (Å²) in [5, 5.41) is 21.9. The molecular weight excluding hydrogens is 530 g/mol. The van der Waals surface area contributed by atoms with E-state index < -0.39 is 39.4 Å². The number of ether oxygens (including phenoxy) is 1. The molecule has 6 rings (SSSR count). The van der Waals surface area contributed by atoms with Gasteiger partial charge in [0.15, 0.2) is 0 Å². The Morgan fingerprint density at radius 1 is 1.18 bits per heavy atom. The molecule has 1 aromatic heterocycles. The highest BCUT2D eigenvalue weighted by atomic mass is 32.2. The molecule has 210 valence electrons. The Balaban J connectivity index is 1.36. The molecule has 0 aliphatic carbocycles. The molecule has 2 unspecified atom stereocenters. The second-order valence-electron chi connectivity index (χ2n) is 11.0. The van der Waals surface area contributed by atoms with Crippen LogP contribution in [0, 0.1) is 11.8 Å². The summed E-state index contributed by atoms with van der Waals surface area (Å²) in [5.74, 6) is -2.35. The monoisotopic (exact) mass is 563 g/mol. The van der Waals surface area contributed by atoms with Crippen molar-refractivity contribution in [3.05, 3.63) is 60.2 Å². The SMILES string of the molecule is CCOC(=O)[C@@H]1[C@H]2C(=O)N([C@@H](CO)Cc3ccccc3)C(C(=O)NCn3nnc4ccccc43)C23CC[C@@]1(C)S3. The molecule has 6 atom stereocenters. The van der Waals surface area contributed by atoms with Crippen molar-refractivity contribution in [3.8, 4) is 0 Å². The van der Waals surface area contributed by atoms with Crippen LogP contribution in [0.2, 0.25) is 0 Å². The van der Waals surface area contributed by atoms with E-state index in [1.807, 2.05) is 61.5 Å². The quantitative estimate of drug-likeness (QED) is 0.380. The number of rotatable bonds is 9. The standard InChI is InChI=1S/C29H33N5O5S/c1-3-39-27(38)23-22-26(37)34(19(16-35)15-18-9-5-4-6-10-18)24(29(22)14-13-28(23,2)40-29)25(36)30-17-33-21-12-8-7-11-20(21)31-32-33/h4-12,19,22-24,35H,3,13-17H2,1-2H3,(H,30,36)/t19-,22+,23+,24?,28-,29?/m1/s1. The molecule has 2 bridgehead atoms. The van der Waals surface area contributed by atoms with Gasteiger partial charge in [0, 0.05) is 4.75 Å². The number of nitrogens with one attached hydrogen (secondary N) is 1. The van der Waals surface area contributed by atoms with Crippen molar-refractivity contribution in [1.29, 1.82) is 0 Å². The molecule has 1 spiro atoms. The fourth-order valence-electron chi connectivity index (χ4n) is 7.07. The van der Waals surface area contributed by atoms with E-state index >= 15 is 0 Å². The van der Waals surface area contributed by atoms with Gasteiger partial charge in [0.1, 0.15) is 18.2 Å². The van der Waals surface area contributed by atoms with Gasteiger partial charge in [-0.15, -0.1) is 16.9 Å². The number of carbonyl (C=O) groups is 3. The zero-order valence-corrected chi connectivity index (χ0v) is 23.3. The second kappa shape index (κ2) is 10.2. The highest BCUT2D eigenvalue weighted by molar-refractivity contribution is 8.02. The Hall–Kier alpha value is -3.44. The van der Waals surface area contributed by atoms with Crippen LogP contribution in [0.3, 0.4) is 0 Å². The van der Waals surface area contributed by atoms with E-state index in [4.69, 9.17) is 4.74 Å². The van der Waals surface area contributed by atoms with Gasteiger partial charge in [-0.1, -0.05) is 47.7 Å². The van der Waals surface area contributed by atoms with E-state index in [1.54, 1.807) is 28.3 Å². The normalized spacial score (nSPS) is 29.5. The van der Waals surface area contributed by atoms with Gasteiger partial charge in [0.2, 0.25) is 11.8 Å². The van der Waals surface area contributed by atoms with Gasteiger partial charge < -0.3 is 20.1 Å². The molecule has 11 heteroatoms. The smallest absolute Gasteiger partial charge is 0.311 e. The fraction of sp³-hybridized carbons (Fsp3) is 0.483. The predicted octanol–water partition coefficient (Wildman–Crippen LogP) is 2.15. The number of aliphatic hydroxyl groups is 1. The Kier molecular flexibility index (Phi) is 6.82. The van der Waals surface area contributed by atoms with E-state index in [2.05, 4.69) is 15.6 Å². The maximum atomic E-state index is 14.3. The van der Waals surface area contributed by atoms with Crippen LogP contribution in [0.4, 0.5) is 0 Å². The van der Waals surface area contributed by atoms with Crippen LogP contribution in [-0.2, 0) is 32.2 Å². The number of carbonyl (C=O) groups excluding carboxylic acids is 3. The minimum atomic E-state index is -0.869. The fourth-order valence-corrected chi connectivity index (χ4v) is 9.40. The number of para-hydroxylation sites is 1. The number of benzene rings is 2. The van der Waals surface area contributed by atoms with Crippen molar-refractivity contribution in [2.24, 2.45) is 11.8 Å². The third-order valence-corrected chi connectivity index (χ3v) is 10.7.